The molecule has 2 aliphatic heterocycles. The first-order valence-corrected chi connectivity index (χ1v) is 9.10. The van der Waals surface area contributed by atoms with Crippen molar-refractivity contribution >= 4 is 5.82 Å². The van der Waals surface area contributed by atoms with E-state index in [0.29, 0.717) is 17.6 Å². The molecule has 4 rings (SSSR count). The van der Waals surface area contributed by atoms with E-state index >= 15 is 0 Å². The second kappa shape index (κ2) is 7.49. The average Bonchev–Trinajstić information content (AvgIpc) is 3.09. The van der Waals surface area contributed by atoms with Gasteiger partial charge in [0.2, 0.25) is 0 Å². The monoisotopic (exact) mass is 343 g/mol. The second-order valence-electron chi connectivity index (χ2n) is 6.89. The fourth-order valence-electron chi connectivity index (χ4n) is 3.78. The zero-order chi connectivity index (χ0) is 17.1. The Bertz CT molecular complexity index is 698. The molecule has 134 valence electrons. The minimum absolute atomic E-state index is 0.552. The minimum atomic E-state index is 0.552. The van der Waals surface area contributed by atoms with Crippen LogP contribution in [0, 0.1) is 12.8 Å². The minimum Gasteiger partial charge on any atom is -0.379 e. The maximum Gasteiger partial charge on any atom is 0.261 e. The molecule has 1 atom stereocenters. The van der Waals surface area contributed by atoms with Crippen molar-refractivity contribution in [3.05, 3.63) is 24.2 Å². The third-order valence-electron chi connectivity index (χ3n) is 4.98. The molecule has 2 aliphatic rings. The molecule has 7 heteroatoms. The second-order valence-corrected chi connectivity index (χ2v) is 6.89. The number of anilines is 1. The zero-order valence-electron chi connectivity index (χ0n) is 14.7. The summed E-state index contributed by atoms with van der Waals surface area (Å²) in [4.78, 5) is 13.9. The van der Waals surface area contributed by atoms with Gasteiger partial charge in [-0.1, -0.05) is 5.16 Å². The molecule has 2 fully saturated rings. The molecular weight excluding hydrogens is 318 g/mol. The van der Waals surface area contributed by atoms with E-state index in [2.05, 4.69) is 24.9 Å². The van der Waals surface area contributed by atoms with Gasteiger partial charge < -0.3 is 14.2 Å². The molecule has 0 amide bonds. The lowest BCUT2D eigenvalue weighted by Gasteiger charge is -2.37. The highest BCUT2D eigenvalue weighted by atomic mass is 16.5. The summed E-state index contributed by atoms with van der Waals surface area (Å²) in [6.45, 7) is 8.84. The Morgan fingerprint density at radius 1 is 1.24 bits per heavy atom. The first-order chi connectivity index (χ1) is 12.3. The van der Waals surface area contributed by atoms with Gasteiger partial charge in [-0.3, -0.25) is 4.90 Å². The molecule has 1 unspecified atom stereocenters. The lowest BCUT2D eigenvalue weighted by Crippen LogP contribution is -2.44. The molecule has 7 nitrogen and oxygen atoms in total. The summed E-state index contributed by atoms with van der Waals surface area (Å²) >= 11 is 0. The first-order valence-electron chi connectivity index (χ1n) is 9.10. The van der Waals surface area contributed by atoms with Gasteiger partial charge in [-0.25, -0.2) is 4.98 Å². The maximum absolute atomic E-state index is 5.46. The normalized spacial score (nSPS) is 22.3. The number of nitrogens with zero attached hydrogens (tertiary/aromatic N) is 5. The summed E-state index contributed by atoms with van der Waals surface area (Å²) in [6.07, 6.45) is 4.30. The van der Waals surface area contributed by atoms with Crippen LogP contribution < -0.4 is 4.90 Å². The molecule has 0 radical (unpaired) electrons. The van der Waals surface area contributed by atoms with Crippen LogP contribution in [-0.2, 0) is 4.74 Å². The Labute approximate surface area is 148 Å². The van der Waals surface area contributed by atoms with Crippen LogP contribution in [0.5, 0.6) is 0 Å². The zero-order valence-corrected chi connectivity index (χ0v) is 14.7. The van der Waals surface area contributed by atoms with Crippen LogP contribution in [0.2, 0.25) is 0 Å². The fourth-order valence-corrected chi connectivity index (χ4v) is 3.78. The Morgan fingerprint density at radius 3 is 2.92 bits per heavy atom. The third kappa shape index (κ3) is 3.82. The topological polar surface area (TPSA) is 67.5 Å². The summed E-state index contributed by atoms with van der Waals surface area (Å²) < 4.78 is 10.8. The molecule has 0 aliphatic carbocycles. The molecule has 0 N–H and O–H groups in total. The summed E-state index contributed by atoms with van der Waals surface area (Å²) in [5, 5.41) is 3.92. The van der Waals surface area contributed by atoms with E-state index in [1.807, 2.05) is 25.3 Å². The van der Waals surface area contributed by atoms with Crippen LogP contribution in [0.3, 0.4) is 0 Å². The van der Waals surface area contributed by atoms with Crippen molar-refractivity contribution in [1.29, 1.82) is 0 Å². The van der Waals surface area contributed by atoms with Crippen molar-refractivity contribution in [2.45, 2.75) is 19.8 Å². The molecule has 0 bridgehead atoms. The number of hydrogen-bond acceptors (Lipinski definition) is 7. The largest absolute Gasteiger partial charge is 0.379 e. The number of rotatable bonds is 4. The lowest BCUT2D eigenvalue weighted by atomic mass is 9.96. The van der Waals surface area contributed by atoms with Crippen molar-refractivity contribution < 1.29 is 9.26 Å². The number of aryl methyl sites for hydroxylation is 1. The molecule has 2 aromatic rings. The van der Waals surface area contributed by atoms with Crippen LogP contribution in [-0.4, -0.2) is 66.0 Å². The van der Waals surface area contributed by atoms with E-state index < -0.39 is 0 Å². The predicted molar refractivity (Wildman–Crippen MR) is 94.5 cm³/mol. The Morgan fingerprint density at radius 2 is 2.12 bits per heavy atom. The first kappa shape index (κ1) is 16.5. The van der Waals surface area contributed by atoms with Crippen molar-refractivity contribution in [2.24, 2.45) is 5.92 Å². The maximum atomic E-state index is 5.46. The van der Waals surface area contributed by atoms with E-state index in [1.54, 1.807) is 0 Å². The molecule has 0 saturated carbocycles. The fraction of sp³-hybridized carbons (Fsp3) is 0.611. The van der Waals surface area contributed by atoms with Gasteiger partial charge in [-0.05, 0) is 37.8 Å². The number of ether oxygens (including phenoxy) is 1. The van der Waals surface area contributed by atoms with Crippen LogP contribution in [0.25, 0.3) is 11.5 Å². The molecule has 25 heavy (non-hydrogen) atoms. The Balaban J connectivity index is 1.49. The highest BCUT2D eigenvalue weighted by molar-refractivity contribution is 5.69. The van der Waals surface area contributed by atoms with Gasteiger partial charge >= 0.3 is 0 Å². The van der Waals surface area contributed by atoms with Gasteiger partial charge in [-0.15, -0.1) is 0 Å². The molecule has 2 saturated heterocycles. The quantitative estimate of drug-likeness (QED) is 0.841. The highest BCUT2D eigenvalue weighted by Gasteiger charge is 2.26. The molecule has 0 aromatic carbocycles. The van der Waals surface area contributed by atoms with Gasteiger partial charge in [0.15, 0.2) is 5.82 Å². The molecule has 0 spiro atoms. The van der Waals surface area contributed by atoms with Gasteiger partial charge in [-0.2, -0.15) is 4.98 Å². The summed E-state index contributed by atoms with van der Waals surface area (Å²) in [7, 11) is 0. The van der Waals surface area contributed by atoms with Gasteiger partial charge in [0.05, 0.1) is 18.8 Å². The number of piperidine rings is 1. The van der Waals surface area contributed by atoms with Gasteiger partial charge in [0, 0.05) is 38.9 Å². The Kier molecular flexibility index (Phi) is 4.94. The lowest BCUT2D eigenvalue weighted by molar-refractivity contribution is 0.0296. The summed E-state index contributed by atoms with van der Waals surface area (Å²) in [5.41, 5.74) is 0.926. The van der Waals surface area contributed by atoms with Gasteiger partial charge in [0.1, 0.15) is 5.82 Å². The van der Waals surface area contributed by atoms with E-state index in [4.69, 9.17) is 9.26 Å². The van der Waals surface area contributed by atoms with E-state index in [1.165, 1.54) is 12.8 Å². The highest BCUT2D eigenvalue weighted by Crippen LogP contribution is 2.30. The van der Waals surface area contributed by atoms with Crippen LogP contribution in [0.4, 0.5) is 5.82 Å². The van der Waals surface area contributed by atoms with Crippen molar-refractivity contribution in [2.75, 3.05) is 50.8 Å². The van der Waals surface area contributed by atoms with Crippen LogP contribution >= 0.6 is 0 Å². The standard InChI is InChI=1S/C18H25N5O2/c1-14-20-18(25-21-14)16-5-2-6-19-17(16)23-7-3-4-15(13-23)12-22-8-10-24-11-9-22/h2,5-6,15H,3-4,7-13H2,1H3. The van der Waals surface area contributed by atoms with E-state index in [-0.39, 0.29) is 0 Å². The number of aromatic nitrogens is 3. The molecular formula is C18H25N5O2. The number of hydrogen-bond donors (Lipinski definition) is 0. The molecule has 4 heterocycles. The van der Waals surface area contributed by atoms with E-state index in [0.717, 1.165) is 57.3 Å². The van der Waals surface area contributed by atoms with Crippen LogP contribution in [0.1, 0.15) is 18.7 Å². The van der Waals surface area contributed by atoms with Crippen molar-refractivity contribution in [1.82, 2.24) is 20.0 Å². The SMILES string of the molecule is Cc1noc(-c2cccnc2N2CCCC(CN3CCOCC3)C2)n1. The smallest absolute Gasteiger partial charge is 0.261 e. The predicted octanol–water partition coefficient (Wildman–Crippen LogP) is 1.99. The third-order valence-corrected chi connectivity index (χ3v) is 4.98. The van der Waals surface area contributed by atoms with Crippen molar-refractivity contribution in [3.63, 3.8) is 0 Å². The summed E-state index contributed by atoms with van der Waals surface area (Å²) in [6, 6.07) is 3.94. The Hall–Kier alpha value is -1.99. The summed E-state index contributed by atoms with van der Waals surface area (Å²) in [5.74, 6) is 2.81. The number of morpholine rings is 1. The van der Waals surface area contributed by atoms with Gasteiger partial charge in [0.25, 0.3) is 5.89 Å². The average molecular weight is 343 g/mol. The number of pyridine rings is 1. The van der Waals surface area contributed by atoms with Crippen LogP contribution in [0.15, 0.2) is 22.9 Å². The van der Waals surface area contributed by atoms with E-state index in [9.17, 15) is 0 Å². The molecule has 2 aromatic heterocycles. The van der Waals surface area contributed by atoms with Crippen molar-refractivity contribution in [3.8, 4) is 11.5 Å².